The Labute approximate surface area is 98.2 Å². The number of pyridine rings is 1. The summed E-state index contributed by atoms with van der Waals surface area (Å²) in [4.78, 5) is 4.01. The highest BCUT2D eigenvalue weighted by molar-refractivity contribution is 5.26. The molecule has 0 aliphatic carbocycles. The number of rotatable bonds is 1. The van der Waals surface area contributed by atoms with Gasteiger partial charge in [-0.1, -0.05) is 27.7 Å². The molecule has 0 aromatic carbocycles. The molecular formula is C13H21N3. The van der Waals surface area contributed by atoms with E-state index in [1.165, 1.54) is 0 Å². The lowest BCUT2D eigenvalue weighted by Crippen LogP contribution is -1.93. The van der Waals surface area contributed by atoms with Crippen LogP contribution in [-0.4, -0.2) is 14.8 Å². The van der Waals surface area contributed by atoms with Gasteiger partial charge in [-0.2, -0.15) is 5.10 Å². The van der Waals surface area contributed by atoms with Gasteiger partial charge in [0.2, 0.25) is 0 Å². The maximum absolute atomic E-state index is 4.16. The highest BCUT2D eigenvalue weighted by Crippen LogP contribution is 2.04. The Balaban J connectivity index is 0.000000509. The van der Waals surface area contributed by atoms with Crippen LogP contribution in [0.5, 0.6) is 0 Å². The van der Waals surface area contributed by atoms with Gasteiger partial charge in [0.05, 0.1) is 18.1 Å². The number of aryl methyl sites for hydroxylation is 1. The molecule has 0 N–H and O–H groups in total. The maximum atomic E-state index is 4.16. The lowest BCUT2D eigenvalue weighted by molar-refractivity contribution is 0.873. The molecule has 0 atom stereocenters. The van der Waals surface area contributed by atoms with Gasteiger partial charge in [0, 0.05) is 12.4 Å². The average Bonchev–Trinajstić information content (AvgIpc) is 2.82. The Hall–Kier alpha value is -1.64. The van der Waals surface area contributed by atoms with Crippen LogP contribution in [0.15, 0.2) is 36.9 Å². The van der Waals surface area contributed by atoms with Gasteiger partial charge in [-0.15, -0.1) is 0 Å². The molecule has 16 heavy (non-hydrogen) atoms. The van der Waals surface area contributed by atoms with Crippen LogP contribution in [0.1, 0.15) is 33.3 Å². The minimum absolute atomic E-state index is 0.991. The molecule has 2 aromatic rings. The Morgan fingerprint density at radius 1 is 1.06 bits per heavy atom. The summed E-state index contributed by atoms with van der Waals surface area (Å²) in [5.41, 5.74) is 2.14. The van der Waals surface area contributed by atoms with E-state index in [1.54, 1.807) is 12.4 Å². The van der Waals surface area contributed by atoms with Gasteiger partial charge >= 0.3 is 0 Å². The number of aromatic nitrogens is 3. The molecule has 0 bridgehead atoms. The molecule has 2 rings (SSSR count). The van der Waals surface area contributed by atoms with Crippen molar-refractivity contribution in [3.63, 3.8) is 0 Å². The van der Waals surface area contributed by atoms with Gasteiger partial charge in [0.25, 0.3) is 0 Å². The smallest absolute Gasteiger partial charge is 0.0828 e. The molecule has 0 saturated heterocycles. The Kier molecular flexibility index (Phi) is 7.76. The van der Waals surface area contributed by atoms with E-state index in [0.717, 1.165) is 11.3 Å². The standard InChI is InChI=1S/C9H9N3.2C2H6/c1-8-5-11-12(7-8)9-3-2-4-10-6-9;2*1-2/h2-7H,1H3;2*1-2H3. The minimum Gasteiger partial charge on any atom is -0.262 e. The van der Waals surface area contributed by atoms with Crippen molar-refractivity contribution in [1.29, 1.82) is 0 Å². The fourth-order valence-electron chi connectivity index (χ4n) is 1.04. The minimum atomic E-state index is 0.991. The summed E-state index contributed by atoms with van der Waals surface area (Å²) in [7, 11) is 0. The first-order valence-corrected chi connectivity index (χ1v) is 5.78. The van der Waals surface area contributed by atoms with E-state index in [-0.39, 0.29) is 0 Å². The lowest BCUT2D eigenvalue weighted by atomic mass is 10.4. The van der Waals surface area contributed by atoms with E-state index in [4.69, 9.17) is 0 Å². The molecule has 0 radical (unpaired) electrons. The van der Waals surface area contributed by atoms with Crippen molar-refractivity contribution in [2.75, 3.05) is 0 Å². The highest BCUT2D eigenvalue weighted by atomic mass is 15.3. The zero-order valence-electron chi connectivity index (χ0n) is 10.8. The van der Waals surface area contributed by atoms with Crippen molar-refractivity contribution in [1.82, 2.24) is 14.8 Å². The van der Waals surface area contributed by atoms with E-state index in [0.29, 0.717) is 0 Å². The molecule has 0 saturated carbocycles. The lowest BCUT2D eigenvalue weighted by Gasteiger charge is -1.97. The van der Waals surface area contributed by atoms with Gasteiger partial charge in [0.1, 0.15) is 0 Å². The van der Waals surface area contributed by atoms with Crippen LogP contribution >= 0.6 is 0 Å². The normalized spacial score (nSPS) is 8.31. The SMILES string of the molecule is CC.CC.Cc1cnn(-c2cccnc2)c1. The van der Waals surface area contributed by atoms with E-state index in [1.807, 2.05) is 63.8 Å². The van der Waals surface area contributed by atoms with Crippen molar-refractivity contribution < 1.29 is 0 Å². The van der Waals surface area contributed by atoms with Crippen molar-refractivity contribution in [2.24, 2.45) is 0 Å². The molecule has 0 aliphatic heterocycles. The average molecular weight is 219 g/mol. The summed E-state index contributed by atoms with van der Waals surface area (Å²) in [5, 5.41) is 4.16. The van der Waals surface area contributed by atoms with Crippen LogP contribution < -0.4 is 0 Å². The first kappa shape index (κ1) is 14.4. The zero-order chi connectivity index (χ0) is 12.4. The highest BCUT2D eigenvalue weighted by Gasteiger charge is 1.95. The van der Waals surface area contributed by atoms with Crippen molar-refractivity contribution in [3.8, 4) is 5.69 Å². The summed E-state index contributed by atoms with van der Waals surface area (Å²) in [5.74, 6) is 0. The van der Waals surface area contributed by atoms with E-state index in [2.05, 4.69) is 10.1 Å². The second-order valence-corrected chi connectivity index (χ2v) is 2.67. The molecule has 3 nitrogen and oxygen atoms in total. The summed E-state index contributed by atoms with van der Waals surface area (Å²) in [6, 6.07) is 3.87. The Morgan fingerprint density at radius 3 is 2.19 bits per heavy atom. The monoisotopic (exact) mass is 219 g/mol. The van der Waals surface area contributed by atoms with Gasteiger partial charge in [-0.05, 0) is 24.6 Å². The predicted molar refractivity (Wildman–Crippen MR) is 68.8 cm³/mol. The fraction of sp³-hybridized carbons (Fsp3) is 0.385. The van der Waals surface area contributed by atoms with Crippen molar-refractivity contribution in [3.05, 3.63) is 42.5 Å². The first-order chi connectivity index (χ1) is 7.86. The van der Waals surface area contributed by atoms with E-state index >= 15 is 0 Å². The fourth-order valence-corrected chi connectivity index (χ4v) is 1.04. The maximum Gasteiger partial charge on any atom is 0.0828 e. The molecule has 88 valence electrons. The third-order valence-electron chi connectivity index (χ3n) is 1.62. The van der Waals surface area contributed by atoms with Gasteiger partial charge < -0.3 is 0 Å². The molecule has 0 fully saturated rings. The summed E-state index contributed by atoms with van der Waals surface area (Å²) < 4.78 is 1.81. The quantitative estimate of drug-likeness (QED) is 0.733. The number of nitrogens with zero attached hydrogens (tertiary/aromatic N) is 3. The molecule has 2 heterocycles. The molecule has 3 heteroatoms. The van der Waals surface area contributed by atoms with Crippen LogP contribution in [-0.2, 0) is 0 Å². The third-order valence-corrected chi connectivity index (χ3v) is 1.62. The topological polar surface area (TPSA) is 30.7 Å². The summed E-state index contributed by atoms with van der Waals surface area (Å²) in [6.45, 7) is 10.0. The van der Waals surface area contributed by atoms with Crippen molar-refractivity contribution >= 4 is 0 Å². The van der Waals surface area contributed by atoms with Gasteiger partial charge in [0.15, 0.2) is 0 Å². The molecule has 0 spiro atoms. The summed E-state index contributed by atoms with van der Waals surface area (Å²) in [6.07, 6.45) is 7.33. The molecule has 0 unspecified atom stereocenters. The third kappa shape index (κ3) is 4.26. The second-order valence-electron chi connectivity index (χ2n) is 2.67. The molecule has 2 aromatic heterocycles. The number of hydrogen-bond acceptors (Lipinski definition) is 2. The Bertz CT molecular complexity index is 366. The molecule has 0 amide bonds. The zero-order valence-corrected chi connectivity index (χ0v) is 10.8. The predicted octanol–water partition coefficient (Wildman–Crippen LogP) is 3.63. The van der Waals surface area contributed by atoms with Crippen LogP contribution in [0.25, 0.3) is 5.69 Å². The Morgan fingerprint density at radius 2 is 1.75 bits per heavy atom. The van der Waals surface area contributed by atoms with Gasteiger partial charge in [-0.3, -0.25) is 4.98 Å². The van der Waals surface area contributed by atoms with Crippen LogP contribution in [0.2, 0.25) is 0 Å². The van der Waals surface area contributed by atoms with Crippen molar-refractivity contribution in [2.45, 2.75) is 34.6 Å². The van der Waals surface area contributed by atoms with E-state index < -0.39 is 0 Å². The van der Waals surface area contributed by atoms with Crippen LogP contribution in [0.3, 0.4) is 0 Å². The molecule has 0 aliphatic rings. The first-order valence-electron chi connectivity index (χ1n) is 5.78. The van der Waals surface area contributed by atoms with Gasteiger partial charge in [-0.25, -0.2) is 4.68 Å². The largest absolute Gasteiger partial charge is 0.262 e. The van der Waals surface area contributed by atoms with E-state index in [9.17, 15) is 0 Å². The number of hydrogen-bond donors (Lipinski definition) is 0. The van der Waals surface area contributed by atoms with Crippen LogP contribution in [0.4, 0.5) is 0 Å². The van der Waals surface area contributed by atoms with Crippen LogP contribution in [0, 0.1) is 6.92 Å². The second kappa shape index (κ2) is 8.65. The molecular weight excluding hydrogens is 198 g/mol. The summed E-state index contributed by atoms with van der Waals surface area (Å²) >= 11 is 0.